The molecule has 0 bridgehead atoms. The van der Waals surface area contributed by atoms with Gasteiger partial charge in [-0.1, -0.05) is 6.07 Å². The van der Waals surface area contributed by atoms with Crippen LogP contribution in [-0.4, -0.2) is 50.2 Å². The maximum absolute atomic E-state index is 4.57. The van der Waals surface area contributed by atoms with Gasteiger partial charge in [0.05, 0.1) is 0 Å². The number of hydrogen-bond acceptors (Lipinski definition) is 4. The Labute approximate surface area is 116 Å². The molecule has 0 atom stereocenters. The number of nitrogens with one attached hydrogen (secondary N) is 1. The Bertz CT molecular complexity index is 412. The normalized spacial score (nSPS) is 17.3. The van der Waals surface area contributed by atoms with E-state index in [-0.39, 0.29) is 0 Å². The van der Waals surface area contributed by atoms with Crippen molar-refractivity contribution in [2.45, 2.75) is 31.3 Å². The molecule has 4 nitrogen and oxygen atoms in total. The van der Waals surface area contributed by atoms with Gasteiger partial charge in [0.15, 0.2) is 0 Å². The van der Waals surface area contributed by atoms with Gasteiger partial charge in [0.2, 0.25) is 0 Å². The van der Waals surface area contributed by atoms with Crippen molar-refractivity contribution in [2.75, 3.05) is 39.6 Å². The van der Waals surface area contributed by atoms with Crippen molar-refractivity contribution in [3.05, 3.63) is 23.9 Å². The molecule has 0 radical (unpaired) electrons. The van der Waals surface area contributed by atoms with Gasteiger partial charge >= 0.3 is 0 Å². The van der Waals surface area contributed by atoms with E-state index < -0.39 is 0 Å². The Balaban J connectivity index is 2.13. The molecule has 0 amide bonds. The van der Waals surface area contributed by atoms with Crippen LogP contribution in [0.1, 0.15) is 24.8 Å². The average Bonchev–Trinajstić information content (AvgIpc) is 2.34. The van der Waals surface area contributed by atoms with Crippen molar-refractivity contribution >= 4 is 5.82 Å². The minimum atomic E-state index is 0.336. The summed E-state index contributed by atoms with van der Waals surface area (Å²) in [6.07, 6.45) is 5.81. The van der Waals surface area contributed by atoms with Gasteiger partial charge in [-0.3, -0.25) is 0 Å². The third-order valence-electron chi connectivity index (χ3n) is 4.36. The molecule has 1 heterocycles. The van der Waals surface area contributed by atoms with E-state index in [1.54, 1.807) is 0 Å². The Morgan fingerprint density at radius 2 is 2.05 bits per heavy atom. The second-order valence-electron chi connectivity index (χ2n) is 5.84. The van der Waals surface area contributed by atoms with Gasteiger partial charge in [-0.05, 0) is 46.5 Å². The molecule has 1 aliphatic rings. The molecular formula is C15H26N4. The molecule has 106 valence electrons. The number of rotatable bonds is 6. The summed E-state index contributed by atoms with van der Waals surface area (Å²) in [6.45, 7) is 1.91. The molecule has 19 heavy (non-hydrogen) atoms. The van der Waals surface area contributed by atoms with Crippen LogP contribution in [0.3, 0.4) is 0 Å². The highest BCUT2D eigenvalue weighted by molar-refractivity contribution is 5.46. The number of hydrogen-bond donors (Lipinski definition) is 1. The van der Waals surface area contributed by atoms with Crippen LogP contribution in [0.4, 0.5) is 5.82 Å². The largest absolute Gasteiger partial charge is 0.358 e. The summed E-state index contributed by atoms with van der Waals surface area (Å²) in [7, 11) is 8.52. The van der Waals surface area contributed by atoms with E-state index in [0.717, 1.165) is 18.9 Å². The molecule has 1 aromatic heterocycles. The Morgan fingerprint density at radius 1 is 1.32 bits per heavy atom. The number of aromatic nitrogens is 1. The van der Waals surface area contributed by atoms with Crippen molar-refractivity contribution < 1.29 is 0 Å². The summed E-state index contributed by atoms with van der Waals surface area (Å²) in [6, 6.07) is 4.16. The fraction of sp³-hybridized carbons (Fsp3) is 0.667. The minimum Gasteiger partial charge on any atom is -0.358 e. The van der Waals surface area contributed by atoms with Crippen LogP contribution >= 0.6 is 0 Å². The molecule has 2 rings (SSSR count). The maximum Gasteiger partial charge on any atom is 0.132 e. The SMILES string of the molecule is CNCc1cccnc1N(C)CC1(N(C)C)CCC1. The average molecular weight is 262 g/mol. The highest BCUT2D eigenvalue weighted by atomic mass is 15.2. The highest BCUT2D eigenvalue weighted by Gasteiger charge is 2.40. The first-order valence-electron chi connectivity index (χ1n) is 7.06. The lowest BCUT2D eigenvalue weighted by Crippen LogP contribution is -2.57. The molecule has 1 fully saturated rings. The molecule has 1 N–H and O–H groups in total. The van der Waals surface area contributed by atoms with Crippen molar-refractivity contribution in [2.24, 2.45) is 0 Å². The Morgan fingerprint density at radius 3 is 2.58 bits per heavy atom. The van der Waals surface area contributed by atoms with Crippen LogP contribution in [0.5, 0.6) is 0 Å². The topological polar surface area (TPSA) is 31.4 Å². The van der Waals surface area contributed by atoms with Crippen LogP contribution in [0.15, 0.2) is 18.3 Å². The molecule has 1 aromatic rings. The predicted octanol–water partition coefficient (Wildman–Crippen LogP) is 1.72. The molecule has 0 saturated heterocycles. The van der Waals surface area contributed by atoms with Crippen LogP contribution in [-0.2, 0) is 6.54 Å². The van der Waals surface area contributed by atoms with Crippen molar-refractivity contribution in [3.8, 4) is 0 Å². The molecule has 0 aromatic carbocycles. The first kappa shape index (κ1) is 14.3. The van der Waals surface area contributed by atoms with Crippen LogP contribution in [0, 0.1) is 0 Å². The molecule has 1 saturated carbocycles. The van der Waals surface area contributed by atoms with Crippen molar-refractivity contribution in [1.29, 1.82) is 0 Å². The fourth-order valence-corrected chi connectivity index (χ4v) is 2.95. The van der Waals surface area contributed by atoms with E-state index in [0.29, 0.717) is 5.54 Å². The van der Waals surface area contributed by atoms with Crippen molar-refractivity contribution in [1.82, 2.24) is 15.2 Å². The Kier molecular flexibility index (Phi) is 4.42. The first-order chi connectivity index (χ1) is 9.09. The van der Waals surface area contributed by atoms with E-state index in [2.05, 4.69) is 47.3 Å². The standard InChI is InChI=1S/C15H26N4/c1-16-11-13-7-5-10-17-14(13)19(4)12-15(18(2)3)8-6-9-15/h5,7,10,16H,6,8-9,11-12H2,1-4H3. The summed E-state index contributed by atoms with van der Waals surface area (Å²) < 4.78 is 0. The van der Waals surface area contributed by atoms with Gasteiger partial charge in [-0.2, -0.15) is 0 Å². The lowest BCUT2D eigenvalue weighted by atomic mass is 9.75. The molecule has 0 spiro atoms. The number of nitrogens with zero attached hydrogens (tertiary/aromatic N) is 3. The highest BCUT2D eigenvalue weighted by Crippen LogP contribution is 2.37. The maximum atomic E-state index is 4.57. The summed E-state index contributed by atoms with van der Waals surface area (Å²) in [5.74, 6) is 1.10. The minimum absolute atomic E-state index is 0.336. The van der Waals surface area contributed by atoms with Crippen LogP contribution < -0.4 is 10.2 Å². The van der Waals surface area contributed by atoms with E-state index in [4.69, 9.17) is 0 Å². The van der Waals surface area contributed by atoms with Crippen LogP contribution in [0.25, 0.3) is 0 Å². The molecule has 4 heteroatoms. The fourth-order valence-electron chi connectivity index (χ4n) is 2.95. The zero-order valence-corrected chi connectivity index (χ0v) is 12.6. The zero-order valence-electron chi connectivity index (χ0n) is 12.6. The van der Waals surface area contributed by atoms with Gasteiger partial charge in [0.1, 0.15) is 5.82 Å². The van der Waals surface area contributed by atoms with Crippen LogP contribution in [0.2, 0.25) is 0 Å². The lowest BCUT2D eigenvalue weighted by Gasteiger charge is -2.49. The van der Waals surface area contributed by atoms with E-state index in [1.165, 1.54) is 24.8 Å². The second kappa shape index (κ2) is 5.88. The zero-order chi connectivity index (χ0) is 13.9. The van der Waals surface area contributed by atoms with E-state index >= 15 is 0 Å². The first-order valence-corrected chi connectivity index (χ1v) is 7.06. The number of likely N-dealkylation sites (N-methyl/N-ethyl adjacent to an activating group) is 2. The summed E-state index contributed by atoms with van der Waals surface area (Å²) in [4.78, 5) is 9.26. The monoisotopic (exact) mass is 262 g/mol. The van der Waals surface area contributed by atoms with Gasteiger partial charge in [0, 0.05) is 37.4 Å². The quantitative estimate of drug-likeness (QED) is 0.846. The molecular weight excluding hydrogens is 236 g/mol. The number of pyridine rings is 1. The van der Waals surface area contributed by atoms with E-state index in [1.807, 2.05) is 19.3 Å². The smallest absolute Gasteiger partial charge is 0.132 e. The third kappa shape index (κ3) is 2.90. The molecule has 0 aliphatic heterocycles. The Hall–Kier alpha value is -1.13. The van der Waals surface area contributed by atoms with Gasteiger partial charge < -0.3 is 15.1 Å². The van der Waals surface area contributed by atoms with Crippen molar-refractivity contribution in [3.63, 3.8) is 0 Å². The summed E-state index contributed by atoms with van der Waals surface area (Å²) in [5, 5.41) is 3.22. The molecule has 1 aliphatic carbocycles. The lowest BCUT2D eigenvalue weighted by molar-refractivity contribution is 0.0681. The van der Waals surface area contributed by atoms with Gasteiger partial charge in [-0.15, -0.1) is 0 Å². The van der Waals surface area contributed by atoms with Gasteiger partial charge in [0.25, 0.3) is 0 Å². The second-order valence-corrected chi connectivity index (χ2v) is 5.84. The van der Waals surface area contributed by atoms with E-state index in [9.17, 15) is 0 Å². The van der Waals surface area contributed by atoms with Gasteiger partial charge in [-0.25, -0.2) is 4.98 Å². The summed E-state index contributed by atoms with van der Waals surface area (Å²) in [5.41, 5.74) is 1.60. The predicted molar refractivity (Wildman–Crippen MR) is 80.5 cm³/mol. The summed E-state index contributed by atoms with van der Waals surface area (Å²) >= 11 is 0. The third-order valence-corrected chi connectivity index (χ3v) is 4.36. The molecule has 0 unspecified atom stereocenters. The number of anilines is 1.